The van der Waals surface area contributed by atoms with Crippen molar-refractivity contribution in [3.8, 4) is 0 Å². The Kier molecular flexibility index (Phi) is 4.74. The Balaban J connectivity index is 3.00. The van der Waals surface area contributed by atoms with Crippen molar-refractivity contribution >= 4 is 12.5 Å². The predicted octanol–water partition coefficient (Wildman–Crippen LogP) is 1.76. The topological polar surface area (TPSA) is 78.4 Å². The van der Waals surface area contributed by atoms with Gasteiger partial charge in [-0.25, -0.2) is 4.79 Å². The summed E-state index contributed by atoms with van der Waals surface area (Å²) in [5.74, 6) is 0. The fourth-order valence-electron chi connectivity index (χ4n) is 1.50. The van der Waals surface area contributed by atoms with E-state index in [9.17, 15) is 22.8 Å². The standard InChI is InChI=1S/C11H11F3N2O3/c12-11(13,14)8-3-1-2-7(4-8)9(5-15-6-17)16-10(18)19/h1-4,6,9,16H,5H2,(H,15,17)(H,18,19). The quantitative estimate of drug-likeness (QED) is 0.717. The van der Waals surface area contributed by atoms with Crippen LogP contribution in [0, 0.1) is 0 Å². The normalized spacial score (nSPS) is 12.6. The third-order valence-electron chi connectivity index (χ3n) is 2.32. The molecule has 0 heterocycles. The average molecular weight is 276 g/mol. The minimum absolute atomic E-state index is 0.117. The molecule has 0 aromatic heterocycles. The number of alkyl halides is 3. The number of hydrogen-bond donors (Lipinski definition) is 3. The molecule has 1 rings (SSSR count). The predicted molar refractivity (Wildman–Crippen MR) is 59.4 cm³/mol. The van der Waals surface area contributed by atoms with Crippen molar-refractivity contribution in [1.29, 1.82) is 0 Å². The highest BCUT2D eigenvalue weighted by molar-refractivity contribution is 5.65. The molecular weight excluding hydrogens is 265 g/mol. The van der Waals surface area contributed by atoms with Gasteiger partial charge >= 0.3 is 12.3 Å². The van der Waals surface area contributed by atoms with Crippen molar-refractivity contribution in [2.75, 3.05) is 6.54 Å². The van der Waals surface area contributed by atoms with Gasteiger partial charge in [0.05, 0.1) is 11.6 Å². The molecule has 0 saturated heterocycles. The lowest BCUT2D eigenvalue weighted by Gasteiger charge is -2.18. The number of benzene rings is 1. The van der Waals surface area contributed by atoms with Crippen LogP contribution in [-0.4, -0.2) is 24.2 Å². The average Bonchev–Trinajstić information content (AvgIpc) is 2.33. The smallest absolute Gasteiger partial charge is 0.416 e. The zero-order valence-electron chi connectivity index (χ0n) is 9.57. The van der Waals surface area contributed by atoms with E-state index in [2.05, 4.69) is 5.32 Å². The lowest BCUT2D eigenvalue weighted by Crippen LogP contribution is -2.34. The molecule has 0 bridgehead atoms. The van der Waals surface area contributed by atoms with Gasteiger partial charge in [0, 0.05) is 6.54 Å². The van der Waals surface area contributed by atoms with Gasteiger partial charge in [-0.05, 0) is 17.7 Å². The summed E-state index contributed by atoms with van der Waals surface area (Å²) >= 11 is 0. The van der Waals surface area contributed by atoms with E-state index in [1.54, 1.807) is 0 Å². The highest BCUT2D eigenvalue weighted by Crippen LogP contribution is 2.30. The Bertz CT molecular complexity index is 463. The van der Waals surface area contributed by atoms with Gasteiger partial charge in [0.15, 0.2) is 0 Å². The summed E-state index contributed by atoms with van der Waals surface area (Å²) in [6.45, 7) is -0.142. The zero-order valence-corrected chi connectivity index (χ0v) is 9.57. The number of carbonyl (C=O) groups is 2. The molecule has 104 valence electrons. The van der Waals surface area contributed by atoms with E-state index in [4.69, 9.17) is 5.11 Å². The first kappa shape index (κ1) is 14.8. The van der Waals surface area contributed by atoms with E-state index in [0.717, 1.165) is 12.1 Å². The highest BCUT2D eigenvalue weighted by Gasteiger charge is 2.31. The van der Waals surface area contributed by atoms with Gasteiger partial charge in [-0.1, -0.05) is 12.1 Å². The Hall–Kier alpha value is -2.25. The van der Waals surface area contributed by atoms with Crippen LogP contribution in [0.4, 0.5) is 18.0 Å². The number of halogens is 3. The lowest BCUT2D eigenvalue weighted by molar-refractivity contribution is -0.137. The second kappa shape index (κ2) is 6.07. The zero-order chi connectivity index (χ0) is 14.5. The van der Waals surface area contributed by atoms with Gasteiger partial charge in [0.2, 0.25) is 6.41 Å². The third kappa shape index (κ3) is 4.49. The van der Waals surface area contributed by atoms with E-state index in [0.29, 0.717) is 6.41 Å². The third-order valence-corrected chi connectivity index (χ3v) is 2.32. The maximum absolute atomic E-state index is 12.5. The molecule has 19 heavy (non-hydrogen) atoms. The van der Waals surface area contributed by atoms with Gasteiger partial charge < -0.3 is 15.7 Å². The van der Waals surface area contributed by atoms with Gasteiger partial charge in [-0.2, -0.15) is 13.2 Å². The van der Waals surface area contributed by atoms with Crippen LogP contribution in [0.25, 0.3) is 0 Å². The largest absolute Gasteiger partial charge is 0.465 e. The molecule has 0 spiro atoms. The molecule has 0 saturated carbocycles. The molecule has 1 unspecified atom stereocenters. The first-order valence-corrected chi connectivity index (χ1v) is 5.18. The number of hydrogen-bond acceptors (Lipinski definition) is 2. The molecule has 0 fully saturated rings. The molecule has 0 aliphatic heterocycles. The summed E-state index contributed by atoms with van der Waals surface area (Å²) in [4.78, 5) is 20.8. The summed E-state index contributed by atoms with van der Waals surface area (Å²) in [7, 11) is 0. The first-order valence-electron chi connectivity index (χ1n) is 5.18. The van der Waals surface area contributed by atoms with Crippen LogP contribution in [0.15, 0.2) is 24.3 Å². The summed E-state index contributed by atoms with van der Waals surface area (Å²) in [5, 5.41) is 12.9. The van der Waals surface area contributed by atoms with Crippen molar-refractivity contribution in [2.24, 2.45) is 0 Å². The molecule has 3 N–H and O–H groups in total. The molecule has 5 nitrogen and oxygen atoms in total. The summed E-state index contributed by atoms with van der Waals surface area (Å²) in [6, 6.07) is 3.30. The van der Waals surface area contributed by atoms with Crippen LogP contribution in [-0.2, 0) is 11.0 Å². The van der Waals surface area contributed by atoms with Crippen LogP contribution in [0.2, 0.25) is 0 Å². The SMILES string of the molecule is O=CNCC(NC(=O)O)c1cccc(C(F)(F)F)c1. The minimum atomic E-state index is -4.51. The van der Waals surface area contributed by atoms with Crippen LogP contribution >= 0.6 is 0 Å². The van der Waals surface area contributed by atoms with Crippen LogP contribution < -0.4 is 10.6 Å². The Morgan fingerprint density at radius 2 is 2.11 bits per heavy atom. The van der Waals surface area contributed by atoms with Gasteiger partial charge in [-0.15, -0.1) is 0 Å². The lowest BCUT2D eigenvalue weighted by atomic mass is 10.0. The summed E-state index contributed by atoms with van der Waals surface area (Å²) in [5.41, 5.74) is -0.764. The van der Waals surface area contributed by atoms with E-state index in [1.807, 2.05) is 5.32 Å². The first-order chi connectivity index (χ1) is 8.84. The molecule has 1 aromatic carbocycles. The van der Waals surface area contributed by atoms with Crippen LogP contribution in [0.1, 0.15) is 17.2 Å². The number of nitrogens with one attached hydrogen (secondary N) is 2. The van der Waals surface area contributed by atoms with Crippen LogP contribution in [0.3, 0.4) is 0 Å². The van der Waals surface area contributed by atoms with Crippen molar-refractivity contribution < 1.29 is 27.9 Å². The summed E-state index contributed by atoms with van der Waals surface area (Å²) in [6.07, 6.45) is -5.57. The monoisotopic (exact) mass is 276 g/mol. The maximum atomic E-state index is 12.5. The molecule has 1 aromatic rings. The van der Waals surface area contributed by atoms with Gasteiger partial charge in [0.1, 0.15) is 0 Å². The van der Waals surface area contributed by atoms with Crippen molar-refractivity contribution in [1.82, 2.24) is 10.6 Å². The number of rotatable bonds is 5. The van der Waals surface area contributed by atoms with Crippen molar-refractivity contribution in [3.63, 3.8) is 0 Å². The number of carboxylic acid groups (broad SMARTS) is 1. The van der Waals surface area contributed by atoms with Gasteiger partial charge in [0.25, 0.3) is 0 Å². The minimum Gasteiger partial charge on any atom is -0.465 e. The molecule has 0 radical (unpaired) electrons. The molecule has 2 amide bonds. The van der Waals surface area contributed by atoms with E-state index >= 15 is 0 Å². The fraction of sp³-hybridized carbons (Fsp3) is 0.273. The molecular formula is C11H11F3N2O3. The van der Waals surface area contributed by atoms with Gasteiger partial charge in [-0.3, -0.25) is 4.79 Å². The molecule has 1 atom stereocenters. The molecule has 0 aliphatic carbocycles. The fourth-order valence-corrected chi connectivity index (χ4v) is 1.50. The van der Waals surface area contributed by atoms with E-state index < -0.39 is 23.9 Å². The van der Waals surface area contributed by atoms with E-state index in [1.165, 1.54) is 12.1 Å². The molecule has 8 heteroatoms. The van der Waals surface area contributed by atoms with Crippen LogP contribution in [0.5, 0.6) is 0 Å². The number of carbonyl (C=O) groups excluding carboxylic acids is 1. The Morgan fingerprint density at radius 1 is 1.42 bits per heavy atom. The summed E-state index contributed by atoms with van der Waals surface area (Å²) < 4.78 is 37.6. The second-order valence-corrected chi connectivity index (χ2v) is 3.65. The number of amides is 2. The van der Waals surface area contributed by atoms with Crippen molar-refractivity contribution in [2.45, 2.75) is 12.2 Å². The highest BCUT2D eigenvalue weighted by atomic mass is 19.4. The van der Waals surface area contributed by atoms with E-state index in [-0.39, 0.29) is 12.1 Å². The Labute approximate surface area is 106 Å². The molecule has 0 aliphatic rings. The maximum Gasteiger partial charge on any atom is 0.416 e. The van der Waals surface area contributed by atoms with Crippen molar-refractivity contribution in [3.05, 3.63) is 35.4 Å². The second-order valence-electron chi connectivity index (χ2n) is 3.65. The Morgan fingerprint density at radius 3 is 2.63 bits per heavy atom.